The van der Waals surface area contributed by atoms with Crippen molar-refractivity contribution in [3.05, 3.63) is 71.2 Å². The number of nitrogens with zero attached hydrogens (tertiary/aromatic N) is 4. The molecule has 4 aliphatic rings. The van der Waals surface area contributed by atoms with Crippen molar-refractivity contribution in [2.75, 3.05) is 39.4 Å². The highest BCUT2D eigenvalue weighted by molar-refractivity contribution is 5.94. The molecule has 3 N–H and O–H groups in total. The maximum atomic E-state index is 12.4. The Morgan fingerprint density at radius 2 is 2.12 bits per heavy atom. The largest absolute Gasteiger partial charge is 0.387 e. The van der Waals surface area contributed by atoms with Crippen LogP contribution in [0.15, 0.2) is 60.0 Å². The average molecular weight is 556 g/mol. The summed E-state index contributed by atoms with van der Waals surface area (Å²) in [5.74, 6) is -0.635. The summed E-state index contributed by atoms with van der Waals surface area (Å²) in [6.07, 6.45) is 11.9. The lowest BCUT2D eigenvalue weighted by Gasteiger charge is -2.34. The molecular weight excluding hydrogens is 518 g/mol. The number of fused-ring (bicyclic) bond motifs is 1. The van der Waals surface area contributed by atoms with E-state index in [4.69, 9.17) is 4.74 Å². The van der Waals surface area contributed by atoms with Crippen LogP contribution in [0.25, 0.3) is 16.6 Å². The van der Waals surface area contributed by atoms with Crippen molar-refractivity contribution >= 4 is 22.5 Å². The van der Waals surface area contributed by atoms with E-state index in [-0.39, 0.29) is 23.2 Å². The third kappa shape index (κ3) is 5.12. The zero-order chi connectivity index (χ0) is 28.7. The van der Waals surface area contributed by atoms with Crippen LogP contribution in [0, 0.1) is 23.2 Å². The van der Waals surface area contributed by atoms with Crippen LogP contribution in [-0.2, 0) is 14.9 Å². The van der Waals surface area contributed by atoms with Crippen molar-refractivity contribution in [2.45, 2.75) is 44.3 Å². The predicted molar refractivity (Wildman–Crippen MR) is 155 cm³/mol. The second-order valence-electron chi connectivity index (χ2n) is 11.9. The van der Waals surface area contributed by atoms with Crippen molar-refractivity contribution < 1.29 is 19.7 Å². The second kappa shape index (κ2) is 10.9. The molecule has 9 nitrogen and oxygen atoms in total. The number of amides is 1. The highest BCUT2D eigenvalue weighted by atomic mass is 16.5. The number of nitriles is 1. The average Bonchev–Trinajstić information content (AvgIpc) is 3.66. The van der Waals surface area contributed by atoms with Crippen molar-refractivity contribution in [1.29, 1.82) is 5.26 Å². The Labute approximate surface area is 240 Å². The summed E-state index contributed by atoms with van der Waals surface area (Å²) >= 11 is 0. The van der Waals surface area contributed by atoms with Crippen LogP contribution in [0.1, 0.15) is 37.9 Å². The van der Waals surface area contributed by atoms with Crippen molar-refractivity contribution in [3.63, 3.8) is 0 Å². The van der Waals surface area contributed by atoms with Crippen LogP contribution in [0.5, 0.6) is 0 Å². The molecule has 0 saturated carbocycles. The number of likely N-dealkylation sites (tertiary alicyclic amines) is 1. The first-order valence-corrected chi connectivity index (χ1v) is 14.5. The van der Waals surface area contributed by atoms with Gasteiger partial charge in [-0.3, -0.25) is 4.79 Å². The molecule has 5 unspecified atom stereocenters. The van der Waals surface area contributed by atoms with Gasteiger partial charge in [0.1, 0.15) is 11.8 Å². The molecule has 0 radical (unpaired) electrons. The van der Waals surface area contributed by atoms with E-state index in [2.05, 4.69) is 52.2 Å². The first-order chi connectivity index (χ1) is 19.8. The van der Waals surface area contributed by atoms with E-state index >= 15 is 0 Å². The van der Waals surface area contributed by atoms with E-state index in [1.54, 1.807) is 17.2 Å². The number of pyridine rings is 1. The number of H-pyrrole nitrogens is 1. The van der Waals surface area contributed by atoms with E-state index < -0.39 is 12.2 Å². The molecule has 0 spiro atoms. The number of carbonyl (C=O) groups is 1. The lowest BCUT2D eigenvalue weighted by molar-refractivity contribution is -0.138. The zero-order valence-electron chi connectivity index (χ0n) is 23.6. The first kappa shape index (κ1) is 27.5. The number of carbonyl (C=O) groups excluding carboxylic acids is 1. The first-order valence-electron chi connectivity index (χ1n) is 14.5. The maximum absolute atomic E-state index is 12.4. The molecular formula is C32H37N5O4. The van der Waals surface area contributed by atoms with Gasteiger partial charge in [-0.25, -0.2) is 4.98 Å². The van der Waals surface area contributed by atoms with Gasteiger partial charge in [0.2, 0.25) is 0 Å². The Morgan fingerprint density at radius 1 is 1.32 bits per heavy atom. The minimum absolute atomic E-state index is 0.0161. The van der Waals surface area contributed by atoms with E-state index in [0.29, 0.717) is 25.1 Å². The van der Waals surface area contributed by atoms with Gasteiger partial charge in [0.25, 0.3) is 5.91 Å². The molecule has 2 aliphatic heterocycles. The summed E-state index contributed by atoms with van der Waals surface area (Å²) in [6.45, 7) is 8.00. The Kier molecular flexibility index (Phi) is 7.32. The minimum atomic E-state index is -1.05. The number of allylic oxidation sites excluding steroid dienone is 5. The quantitative estimate of drug-likeness (QED) is 0.518. The highest BCUT2D eigenvalue weighted by Crippen LogP contribution is 2.40. The number of aromatic amines is 1. The molecule has 1 amide bonds. The molecule has 6 rings (SSSR count). The molecule has 2 aromatic heterocycles. The van der Waals surface area contributed by atoms with Crippen LogP contribution >= 0.6 is 0 Å². The van der Waals surface area contributed by atoms with Gasteiger partial charge in [-0.15, -0.1) is 0 Å². The topological polar surface area (TPSA) is 126 Å². The summed E-state index contributed by atoms with van der Waals surface area (Å²) in [5, 5.41) is 31.7. The molecule has 5 atom stereocenters. The number of aliphatic hydroxyl groups excluding tert-OH is 2. The fourth-order valence-corrected chi connectivity index (χ4v) is 6.60. The Hall–Kier alpha value is -3.71. The van der Waals surface area contributed by atoms with E-state index in [1.165, 1.54) is 12.6 Å². The molecule has 9 heteroatoms. The normalized spacial score (nSPS) is 29.1. The third-order valence-electron chi connectivity index (χ3n) is 9.13. The molecule has 214 valence electrons. The lowest BCUT2D eigenvalue weighted by Crippen LogP contribution is -2.38. The number of hydrogen-bond donors (Lipinski definition) is 3. The number of ether oxygens (including phenoxy) is 1. The molecule has 2 aromatic rings. The Bertz CT molecular complexity index is 1510. The summed E-state index contributed by atoms with van der Waals surface area (Å²) in [4.78, 5) is 24.6. The Balaban J connectivity index is 1.29. The van der Waals surface area contributed by atoms with Gasteiger partial charge in [0.15, 0.2) is 0 Å². The number of rotatable bonds is 5. The summed E-state index contributed by atoms with van der Waals surface area (Å²) in [7, 11) is 0. The SMILES string of the molecule is CC(O)C(=O)N1CCC(C2C=C(c3ccnc4[nH]c(C5(C)C=CC(N6CCOCC6)=CC5)cc34)C=C(C#N)C2O)C1. The molecule has 2 saturated heterocycles. The molecule has 0 bridgehead atoms. The van der Waals surface area contributed by atoms with Gasteiger partial charge in [0.05, 0.1) is 31.0 Å². The van der Waals surface area contributed by atoms with Crippen LogP contribution in [-0.4, -0.2) is 87.5 Å². The third-order valence-corrected chi connectivity index (χ3v) is 9.13. The van der Waals surface area contributed by atoms with Crippen molar-refractivity contribution in [2.24, 2.45) is 11.8 Å². The fourth-order valence-electron chi connectivity index (χ4n) is 6.60. The van der Waals surface area contributed by atoms with Crippen molar-refractivity contribution in [1.82, 2.24) is 19.8 Å². The van der Waals surface area contributed by atoms with E-state index in [9.17, 15) is 20.3 Å². The number of aromatic nitrogens is 2. The molecule has 0 aromatic carbocycles. The van der Waals surface area contributed by atoms with Gasteiger partial charge in [-0.2, -0.15) is 5.26 Å². The molecule has 4 heterocycles. The summed E-state index contributed by atoms with van der Waals surface area (Å²) in [6, 6.07) is 6.32. The zero-order valence-corrected chi connectivity index (χ0v) is 23.6. The standard InChI is InChI=1S/C32H37N5O4/c1-20(38)31(40)37-10-6-21(19-37)26-16-22(15-23(18-33)29(26)39)25-5-9-34-30-27(25)17-28(35-30)32(2)7-3-24(4-8-32)36-11-13-41-14-12-36/h3-5,7,9,15-17,20-21,26,29,38-39H,6,8,10-14,19H2,1-2H3,(H,34,35). The smallest absolute Gasteiger partial charge is 0.251 e. The Morgan fingerprint density at radius 3 is 2.83 bits per heavy atom. The maximum Gasteiger partial charge on any atom is 0.251 e. The minimum Gasteiger partial charge on any atom is -0.387 e. The molecule has 2 aliphatic carbocycles. The molecule has 2 fully saturated rings. The number of nitrogens with one attached hydrogen (secondary N) is 1. The number of hydrogen-bond acceptors (Lipinski definition) is 7. The van der Waals surface area contributed by atoms with Crippen molar-refractivity contribution in [3.8, 4) is 6.07 Å². The summed E-state index contributed by atoms with van der Waals surface area (Å²) in [5.41, 5.74) is 5.01. The number of morpholine rings is 1. The van der Waals surface area contributed by atoms with Gasteiger partial charge < -0.3 is 29.7 Å². The van der Waals surface area contributed by atoms with Crippen LogP contribution in [0.2, 0.25) is 0 Å². The molecule has 41 heavy (non-hydrogen) atoms. The van der Waals surface area contributed by atoms with Gasteiger partial charge in [0, 0.05) is 60.5 Å². The fraction of sp³-hybridized carbons (Fsp3) is 0.469. The van der Waals surface area contributed by atoms with Gasteiger partial charge in [-0.1, -0.05) is 25.2 Å². The van der Waals surface area contributed by atoms with Crippen LogP contribution in [0.4, 0.5) is 0 Å². The number of aliphatic hydroxyl groups is 2. The second-order valence-corrected chi connectivity index (χ2v) is 11.9. The lowest BCUT2D eigenvalue weighted by atomic mass is 9.77. The van der Waals surface area contributed by atoms with E-state index in [1.807, 2.05) is 12.1 Å². The monoisotopic (exact) mass is 555 g/mol. The predicted octanol–water partition coefficient (Wildman–Crippen LogP) is 3.05. The van der Waals surface area contributed by atoms with Crippen LogP contribution in [0.3, 0.4) is 0 Å². The highest BCUT2D eigenvalue weighted by Gasteiger charge is 2.38. The summed E-state index contributed by atoms with van der Waals surface area (Å²) < 4.78 is 5.50. The van der Waals surface area contributed by atoms with Gasteiger partial charge in [-0.05, 0) is 61.1 Å². The van der Waals surface area contributed by atoms with Gasteiger partial charge >= 0.3 is 0 Å². The van der Waals surface area contributed by atoms with E-state index in [0.717, 1.165) is 60.6 Å². The van der Waals surface area contributed by atoms with Crippen LogP contribution < -0.4 is 0 Å².